The van der Waals surface area contributed by atoms with E-state index in [0.717, 1.165) is 25.9 Å². The Morgan fingerprint density at radius 3 is 2.45 bits per heavy atom. The zero-order valence-electron chi connectivity index (χ0n) is 16.1. The maximum absolute atomic E-state index is 12.7. The van der Waals surface area contributed by atoms with Gasteiger partial charge in [-0.2, -0.15) is 0 Å². The number of rotatable bonds is 6. The monoisotopic (exact) mass is 399 g/mol. The zero-order valence-corrected chi connectivity index (χ0v) is 16.1. The molecule has 0 unspecified atom stereocenters. The van der Waals surface area contributed by atoms with E-state index in [1.54, 1.807) is 12.1 Å². The van der Waals surface area contributed by atoms with Gasteiger partial charge in [0.1, 0.15) is 11.4 Å². The SMILES string of the molecule is COC(=O)c1cc(OC)ccc1NC(=O)c1ccc(N2CCCC2)c([N+](=O)[O-])c1. The van der Waals surface area contributed by atoms with Crippen LogP contribution in [0.4, 0.5) is 17.1 Å². The maximum atomic E-state index is 12.7. The summed E-state index contributed by atoms with van der Waals surface area (Å²) in [6.45, 7) is 1.50. The van der Waals surface area contributed by atoms with Gasteiger partial charge in [0.15, 0.2) is 0 Å². The van der Waals surface area contributed by atoms with E-state index in [0.29, 0.717) is 11.4 Å². The molecule has 0 spiro atoms. The highest BCUT2D eigenvalue weighted by Gasteiger charge is 2.24. The molecule has 1 amide bonds. The van der Waals surface area contributed by atoms with E-state index >= 15 is 0 Å². The number of nitro benzene ring substituents is 1. The Morgan fingerprint density at radius 1 is 1.10 bits per heavy atom. The van der Waals surface area contributed by atoms with Crippen molar-refractivity contribution in [3.05, 3.63) is 57.6 Å². The molecule has 9 heteroatoms. The number of carbonyl (C=O) groups is 2. The molecule has 0 atom stereocenters. The van der Waals surface area contributed by atoms with E-state index in [1.807, 2.05) is 4.90 Å². The number of methoxy groups -OCH3 is 2. The number of benzene rings is 2. The van der Waals surface area contributed by atoms with E-state index in [1.165, 1.54) is 38.5 Å². The van der Waals surface area contributed by atoms with Gasteiger partial charge in [-0.3, -0.25) is 14.9 Å². The van der Waals surface area contributed by atoms with Crippen molar-refractivity contribution in [2.45, 2.75) is 12.8 Å². The summed E-state index contributed by atoms with van der Waals surface area (Å²) < 4.78 is 9.84. The second kappa shape index (κ2) is 8.59. The Bertz CT molecular complexity index is 953. The Kier molecular flexibility index (Phi) is 5.96. The van der Waals surface area contributed by atoms with Gasteiger partial charge in [0.05, 0.1) is 30.4 Å². The summed E-state index contributed by atoms with van der Waals surface area (Å²) in [6, 6.07) is 8.92. The fourth-order valence-corrected chi connectivity index (χ4v) is 3.27. The Morgan fingerprint density at radius 2 is 1.83 bits per heavy atom. The van der Waals surface area contributed by atoms with E-state index in [4.69, 9.17) is 9.47 Å². The largest absolute Gasteiger partial charge is 0.497 e. The minimum absolute atomic E-state index is 0.114. The first kappa shape index (κ1) is 20.1. The van der Waals surface area contributed by atoms with Crippen molar-refractivity contribution in [3.63, 3.8) is 0 Å². The highest BCUT2D eigenvalue weighted by Crippen LogP contribution is 2.32. The lowest BCUT2D eigenvalue weighted by Crippen LogP contribution is -2.20. The summed E-state index contributed by atoms with van der Waals surface area (Å²) in [4.78, 5) is 37.7. The molecule has 2 aromatic carbocycles. The van der Waals surface area contributed by atoms with Crippen LogP contribution in [0.25, 0.3) is 0 Å². The van der Waals surface area contributed by atoms with Gasteiger partial charge >= 0.3 is 5.97 Å². The van der Waals surface area contributed by atoms with Crippen molar-refractivity contribution < 1.29 is 24.0 Å². The molecule has 9 nitrogen and oxygen atoms in total. The first-order valence-electron chi connectivity index (χ1n) is 9.05. The average Bonchev–Trinajstić information content (AvgIpc) is 3.27. The number of nitrogens with one attached hydrogen (secondary N) is 1. The van der Waals surface area contributed by atoms with Crippen molar-refractivity contribution in [2.24, 2.45) is 0 Å². The number of carbonyl (C=O) groups excluding carboxylic acids is 2. The van der Waals surface area contributed by atoms with Gasteiger partial charge in [-0.15, -0.1) is 0 Å². The molecule has 152 valence electrons. The quantitative estimate of drug-likeness (QED) is 0.451. The fraction of sp³-hybridized carbons (Fsp3) is 0.300. The van der Waals surface area contributed by atoms with Crippen molar-refractivity contribution in [2.75, 3.05) is 37.5 Å². The summed E-state index contributed by atoms with van der Waals surface area (Å²) in [6.07, 6.45) is 1.96. The van der Waals surface area contributed by atoms with Crippen LogP contribution < -0.4 is 15.0 Å². The summed E-state index contributed by atoms with van der Waals surface area (Å²) in [7, 11) is 2.68. The van der Waals surface area contributed by atoms with Crippen molar-refractivity contribution in [1.82, 2.24) is 0 Å². The number of ether oxygens (including phenoxy) is 2. The third kappa shape index (κ3) is 4.29. The third-order valence-corrected chi connectivity index (χ3v) is 4.76. The van der Waals surface area contributed by atoms with Crippen LogP contribution in [0.15, 0.2) is 36.4 Å². The van der Waals surface area contributed by atoms with Crippen molar-refractivity contribution in [3.8, 4) is 5.75 Å². The third-order valence-electron chi connectivity index (χ3n) is 4.76. The second-order valence-corrected chi connectivity index (χ2v) is 6.51. The molecule has 29 heavy (non-hydrogen) atoms. The average molecular weight is 399 g/mol. The summed E-state index contributed by atoms with van der Waals surface area (Å²) >= 11 is 0. The molecule has 0 saturated carbocycles. The van der Waals surface area contributed by atoms with Crippen molar-refractivity contribution >= 4 is 28.9 Å². The van der Waals surface area contributed by atoms with Gasteiger partial charge in [-0.05, 0) is 43.2 Å². The molecule has 1 fully saturated rings. The lowest BCUT2D eigenvalue weighted by molar-refractivity contribution is -0.384. The molecule has 0 bridgehead atoms. The van der Waals surface area contributed by atoms with E-state index in [9.17, 15) is 19.7 Å². The summed E-state index contributed by atoms with van der Waals surface area (Å²) in [5.41, 5.74) is 0.829. The van der Waals surface area contributed by atoms with Crippen LogP contribution in [0.2, 0.25) is 0 Å². The number of hydrogen-bond donors (Lipinski definition) is 1. The number of hydrogen-bond acceptors (Lipinski definition) is 7. The highest BCUT2D eigenvalue weighted by molar-refractivity contribution is 6.08. The van der Waals surface area contributed by atoms with E-state index in [2.05, 4.69) is 5.32 Å². The standard InChI is InChI=1S/C20H21N3O6/c1-28-14-6-7-16(15(12-14)20(25)29-2)21-19(24)13-5-8-17(18(11-13)23(26)27)22-9-3-4-10-22/h5-8,11-12H,3-4,9-10H2,1-2H3,(H,21,24). The molecular weight excluding hydrogens is 378 g/mol. The number of nitro groups is 1. The number of anilines is 2. The van der Waals surface area contributed by atoms with Gasteiger partial charge in [-0.1, -0.05) is 0 Å². The lowest BCUT2D eigenvalue weighted by atomic mass is 10.1. The van der Waals surface area contributed by atoms with Crippen LogP contribution in [-0.4, -0.2) is 44.1 Å². The lowest BCUT2D eigenvalue weighted by Gasteiger charge is -2.18. The van der Waals surface area contributed by atoms with Gasteiger partial charge in [0, 0.05) is 24.7 Å². The van der Waals surface area contributed by atoms with Gasteiger partial charge in [0.2, 0.25) is 0 Å². The van der Waals surface area contributed by atoms with Crippen LogP contribution in [0.1, 0.15) is 33.6 Å². The normalized spacial score (nSPS) is 13.1. The maximum Gasteiger partial charge on any atom is 0.340 e. The molecule has 1 N–H and O–H groups in total. The number of esters is 1. The Hall–Kier alpha value is -3.62. The molecular formula is C20H21N3O6. The number of amides is 1. The van der Waals surface area contributed by atoms with Crippen LogP contribution in [0, 0.1) is 10.1 Å². The molecule has 3 rings (SSSR count). The van der Waals surface area contributed by atoms with Gasteiger partial charge < -0.3 is 19.7 Å². The van der Waals surface area contributed by atoms with Crippen LogP contribution in [0.3, 0.4) is 0 Å². The minimum atomic E-state index is -0.644. The molecule has 1 aliphatic rings. The second-order valence-electron chi connectivity index (χ2n) is 6.51. The highest BCUT2D eigenvalue weighted by atomic mass is 16.6. The summed E-state index contributed by atoms with van der Waals surface area (Å²) in [5, 5.41) is 14.2. The summed E-state index contributed by atoms with van der Waals surface area (Å²) in [5.74, 6) is -0.792. The molecule has 1 heterocycles. The molecule has 0 radical (unpaired) electrons. The minimum Gasteiger partial charge on any atom is -0.497 e. The Labute approximate surface area is 167 Å². The van der Waals surface area contributed by atoms with E-state index < -0.39 is 16.8 Å². The predicted molar refractivity (Wildman–Crippen MR) is 107 cm³/mol. The fourth-order valence-electron chi connectivity index (χ4n) is 3.27. The van der Waals surface area contributed by atoms with Crippen LogP contribution in [0.5, 0.6) is 5.75 Å². The van der Waals surface area contributed by atoms with E-state index in [-0.39, 0.29) is 22.5 Å². The predicted octanol–water partition coefficient (Wildman–Crippen LogP) is 3.24. The first-order chi connectivity index (χ1) is 13.9. The molecule has 0 aliphatic carbocycles. The molecule has 2 aromatic rings. The molecule has 1 aliphatic heterocycles. The van der Waals surface area contributed by atoms with Gasteiger partial charge in [-0.25, -0.2) is 4.79 Å². The van der Waals surface area contributed by atoms with Crippen molar-refractivity contribution in [1.29, 1.82) is 0 Å². The Balaban J connectivity index is 1.90. The number of nitrogens with zero attached hydrogens (tertiary/aromatic N) is 2. The van der Waals surface area contributed by atoms with Crippen LogP contribution >= 0.6 is 0 Å². The van der Waals surface area contributed by atoms with Gasteiger partial charge in [0.25, 0.3) is 11.6 Å². The smallest absolute Gasteiger partial charge is 0.340 e. The molecule has 0 aromatic heterocycles. The first-order valence-corrected chi connectivity index (χ1v) is 9.05. The zero-order chi connectivity index (χ0) is 21.0. The van der Waals surface area contributed by atoms with Crippen LogP contribution in [-0.2, 0) is 4.74 Å². The molecule has 1 saturated heterocycles. The topological polar surface area (TPSA) is 111 Å².